The van der Waals surface area contributed by atoms with Gasteiger partial charge in [0.25, 0.3) is 0 Å². The fourth-order valence-corrected chi connectivity index (χ4v) is 5.43. The molecular formula is C30H43N9O7. The number of rotatable bonds is 10. The molecule has 1 fully saturated rings. The van der Waals surface area contributed by atoms with Crippen molar-refractivity contribution in [3.8, 4) is 0 Å². The van der Waals surface area contributed by atoms with Gasteiger partial charge in [0, 0.05) is 43.7 Å². The van der Waals surface area contributed by atoms with Crippen LogP contribution in [0.4, 0.5) is 0 Å². The fourth-order valence-electron chi connectivity index (χ4n) is 5.43. The molecule has 1 saturated heterocycles. The molecule has 16 nitrogen and oxygen atoms in total. The predicted octanol–water partition coefficient (Wildman–Crippen LogP) is -1.65. The van der Waals surface area contributed by atoms with E-state index in [9.17, 15) is 33.9 Å². The summed E-state index contributed by atoms with van der Waals surface area (Å²) in [6, 6.07) is 3.62. The smallest absolute Gasteiger partial charge is 0.305 e. The summed E-state index contributed by atoms with van der Waals surface area (Å²) < 4.78 is 0. The maximum Gasteiger partial charge on any atom is 0.305 e. The van der Waals surface area contributed by atoms with Crippen molar-refractivity contribution in [2.75, 3.05) is 26.7 Å². The number of carboxylic acids is 1. The Morgan fingerprint density at radius 1 is 1.11 bits per heavy atom. The number of nitrogens with one attached hydrogen (secondary N) is 5. The van der Waals surface area contributed by atoms with Crippen molar-refractivity contribution in [1.82, 2.24) is 31.2 Å². The maximum atomic E-state index is 14.3. The minimum atomic E-state index is -1.56. The minimum Gasteiger partial charge on any atom is -0.481 e. The highest BCUT2D eigenvalue weighted by molar-refractivity contribution is 5.96. The number of fused-ring (bicyclic) bond motifs is 1. The highest BCUT2D eigenvalue weighted by atomic mass is 16.4. The number of aliphatic imine (C=N–C) groups is 1. The normalized spacial score (nSPS) is 23.6. The van der Waals surface area contributed by atoms with Gasteiger partial charge in [-0.15, -0.1) is 0 Å². The molecule has 1 aromatic heterocycles. The molecule has 0 saturated carbocycles. The summed E-state index contributed by atoms with van der Waals surface area (Å²) >= 11 is 0. The Labute approximate surface area is 266 Å². The van der Waals surface area contributed by atoms with E-state index >= 15 is 0 Å². The molecule has 0 spiro atoms. The summed E-state index contributed by atoms with van der Waals surface area (Å²) in [6.07, 6.45) is 2.12. The molecule has 0 bridgehead atoms. The number of hydrogen-bond donors (Lipinski definition) is 8. The van der Waals surface area contributed by atoms with Crippen LogP contribution in [0.25, 0.3) is 10.9 Å². The second-order valence-electron chi connectivity index (χ2n) is 11.6. The van der Waals surface area contributed by atoms with Crippen molar-refractivity contribution in [3.63, 3.8) is 0 Å². The van der Waals surface area contributed by atoms with E-state index in [4.69, 9.17) is 11.5 Å². The Bertz CT molecular complexity index is 1470. The summed E-state index contributed by atoms with van der Waals surface area (Å²) in [5, 5.41) is 20.9. The average Bonchev–Trinajstić information content (AvgIpc) is 3.41. The summed E-state index contributed by atoms with van der Waals surface area (Å²) in [5.74, 6) is -4.90. The number of aromatic amines is 1. The second kappa shape index (κ2) is 15.8. The van der Waals surface area contributed by atoms with Gasteiger partial charge in [-0.05, 0) is 30.4 Å². The number of nitrogens with zero attached hydrogens (tertiary/aromatic N) is 2. The third-order valence-corrected chi connectivity index (χ3v) is 8.22. The predicted molar refractivity (Wildman–Crippen MR) is 169 cm³/mol. The highest BCUT2D eigenvalue weighted by Crippen LogP contribution is 2.25. The SMILES string of the molecule is CC(C)[C@@]1(C=O)CN[C@@H](CCCN=C(N)N)C(=O)NCC(=O)N[C@@H](CC(=O)O)C(=O)N[C@H](Cc2c[nH]c3ccccc23)C(=O)N1C. The van der Waals surface area contributed by atoms with Crippen LogP contribution < -0.4 is 32.7 Å². The largest absolute Gasteiger partial charge is 0.481 e. The summed E-state index contributed by atoms with van der Waals surface area (Å²) in [7, 11) is 1.44. The molecule has 0 unspecified atom stereocenters. The van der Waals surface area contributed by atoms with Gasteiger partial charge in [-0.2, -0.15) is 0 Å². The van der Waals surface area contributed by atoms with Crippen LogP contribution in [0.3, 0.4) is 0 Å². The molecule has 1 aliphatic rings. The van der Waals surface area contributed by atoms with Gasteiger partial charge >= 0.3 is 5.97 Å². The van der Waals surface area contributed by atoms with Crippen molar-refractivity contribution in [2.45, 2.75) is 63.2 Å². The molecule has 2 aromatic rings. The monoisotopic (exact) mass is 641 g/mol. The summed E-state index contributed by atoms with van der Waals surface area (Å²) in [6.45, 7) is 3.02. The van der Waals surface area contributed by atoms with E-state index in [1.807, 2.05) is 24.3 Å². The molecule has 1 aliphatic heterocycles. The van der Waals surface area contributed by atoms with Gasteiger partial charge in [-0.1, -0.05) is 32.0 Å². The average molecular weight is 642 g/mol. The summed E-state index contributed by atoms with van der Waals surface area (Å²) in [4.78, 5) is 86.6. The number of amides is 4. The number of hydrogen-bond acceptors (Lipinski definition) is 8. The molecule has 0 aliphatic carbocycles. The van der Waals surface area contributed by atoms with E-state index < -0.39 is 72.1 Å². The van der Waals surface area contributed by atoms with Crippen molar-refractivity contribution in [3.05, 3.63) is 36.0 Å². The zero-order chi connectivity index (χ0) is 34.0. The number of carbonyl (C=O) groups is 6. The van der Waals surface area contributed by atoms with Crippen LogP contribution in [0.2, 0.25) is 0 Å². The lowest BCUT2D eigenvalue weighted by molar-refractivity contribution is -0.146. The number of aromatic nitrogens is 1. The van der Waals surface area contributed by atoms with Crippen LogP contribution in [0.5, 0.6) is 0 Å². The molecule has 46 heavy (non-hydrogen) atoms. The Morgan fingerprint density at radius 2 is 1.83 bits per heavy atom. The molecule has 4 amide bonds. The molecular weight excluding hydrogens is 598 g/mol. The van der Waals surface area contributed by atoms with Crippen LogP contribution in [0.15, 0.2) is 35.5 Å². The van der Waals surface area contributed by atoms with Crippen LogP contribution in [0.1, 0.15) is 38.7 Å². The molecule has 2 heterocycles. The Hall–Kier alpha value is -4.99. The number of para-hydroxylation sites is 1. The van der Waals surface area contributed by atoms with E-state index in [-0.39, 0.29) is 31.9 Å². The van der Waals surface area contributed by atoms with E-state index in [0.29, 0.717) is 18.3 Å². The molecule has 250 valence electrons. The van der Waals surface area contributed by atoms with Crippen molar-refractivity contribution >= 4 is 52.7 Å². The van der Waals surface area contributed by atoms with Gasteiger partial charge in [0.15, 0.2) is 5.96 Å². The lowest BCUT2D eigenvalue weighted by atomic mass is 9.84. The van der Waals surface area contributed by atoms with Crippen molar-refractivity contribution in [1.29, 1.82) is 0 Å². The number of nitrogens with two attached hydrogens (primary N) is 2. The zero-order valence-corrected chi connectivity index (χ0v) is 26.2. The van der Waals surface area contributed by atoms with Gasteiger partial charge in [0.05, 0.1) is 19.0 Å². The standard InChI is InChI=1S/C30H43N9O7/c1-17(2)30(16-40)15-36-21(9-6-10-33-29(31)32)26(44)35-14-24(41)37-22(12-25(42)43)27(45)38-23(28(46)39(30)3)11-18-13-34-20-8-5-4-7-19(18)20/h4-5,7-8,13,16-17,21-23,34,36H,6,9-12,14-15H2,1-3H3,(H,35,44)(H,37,41)(H,38,45)(H,42,43)(H4,31,32,33)/t21-,22-,23+,30-/m0/s1. The Balaban J connectivity index is 2.06. The first-order valence-electron chi connectivity index (χ1n) is 15.0. The number of H-pyrrole nitrogens is 1. The first-order valence-corrected chi connectivity index (χ1v) is 15.0. The molecule has 4 atom stereocenters. The maximum absolute atomic E-state index is 14.3. The van der Waals surface area contributed by atoms with Gasteiger partial charge in [-0.3, -0.25) is 29.0 Å². The lowest BCUT2D eigenvalue weighted by Gasteiger charge is -2.43. The van der Waals surface area contributed by atoms with Gasteiger partial charge in [0.2, 0.25) is 23.6 Å². The van der Waals surface area contributed by atoms with Crippen molar-refractivity contribution < 1.29 is 33.9 Å². The zero-order valence-electron chi connectivity index (χ0n) is 26.2. The van der Waals surface area contributed by atoms with Crippen LogP contribution in [0, 0.1) is 5.92 Å². The second-order valence-corrected chi connectivity index (χ2v) is 11.6. The van der Waals surface area contributed by atoms with Gasteiger partial charge in [0.1, 0.15) is 23.9 Å². The van der Waals surface area contributed by atoms with Crippen molar-refractivity contribution in [2.24, 2.45) is 22.4 Å². The third kappa shape index (κ3) is 8.80. The first-order chi connectivity index (χ1) is 21.8. The topological polar surface area (TPSA) is 254 Å². The van der Waals surface area contributed by atoms with E-state index in [0.717, 1.165) is 10.9 Å². The fraction of sp³-hybridized carbons (Fsp3) is 0.500. The number of carbonyl (C=O) groups excluding carboxylic acids is 5. The number of carboxylic acid groups (broad SMARTS) is 1. The van der Waals surface area contributed by atoms with Crippen LogP contribution >= 0.6 is 0 Å². The Morgan fingerprint density at radius 3 is 2.48 bits per heavy atom. The van der Waals surface area contributed by atoms with E-state index in [1.54, 1.807) is 20.0 Å². The van der Waals surface area contributed by atoms with E-state index in [1.165, 1.54) is 11.9 Å². The van der Waals surface area contributed by atoms with Crippen LogP contribution in [-0.4, -0.2) is 107 Å². The summed E-state index contributed by atoms with van der Waals surface area (Å²) in [5.41, 5.74) is 10.8. The van der Waals surface area contributed by atoms with Gasteiger partial charge < -0.3 is 52.5 Å². The number of aliphatic carboxylic acids is 1. The first kappa shape index (κ1) is 35.5. The number of benzene rings is 1. The highest BCUT2D eigenvalue weighted by Gasteiger charge is 2.44. The molecule has 10 N–H and O–H groups in total. The van der Waals surface area contributed by atoms with Gasteiger partial charge in [-0.25, -0.2) is 0 Å². The van der Waals surface area contributed by atoms with Crippen LogP contribution in [-0.2, 0) is 35.2 Å². The quantitative estimate of drug-likeness (QED) is 0.0635. The number of aldehydes is 1. The molecule has 3 rings (SSSR count). The Kier molecular flexibility index (Phi) is 12.2. The molecule has 0 radical (unpaired) electrons. The third-order valence-electron chi connectivity index (χ3n) is 8.22. The molecule has 1 aromatic carbocycles. The molecule has 16 heteroatoms. The minimum absolute atomic E-state index is 0.0133. The number of guanidine groups is 1. The lowest BCUT2D eigenvalue weighted by Crippen LogP contribution is -2.65. The number of likely N-dealkylation sites (N-methyl/N-ethyl adjacent to an activating group) is 1. The van der Waals surface area contributed by atoms with E-state index in [2.05, 4.69) is 31.2 Å².